The minimum absolute atomic E-state index is 0.0686. The molecule has 0 spiro atoms. The molecule has 2 N–H and O–H groups in total. The van der Waals surface area contributed by atoms with Gasteiger partial charge in [-0.15, -0.1) is 0 Å². The highest BCUT2D eigenvalue weighted by molar-refractivity contribution is 5.79. The standard InChI is InChI=1S/C22H34N2O3/c1-21(2,27-3)20-18-10-6-5-9-17(18)11-14-24(20)19(25)15-23-16-22(26)12-7-4-8-13-22/h5-6,9-10,20,23,26H,4,7-8,11-16H2,1-3H3. The normalized spacial score (nSPS) is 22.4. The van der Waals surface area contributed by atoms with E-state index < -0.39 is 11.2 Å². The third-order valence-corrected chi connectivity index (χ3v) is 6.30. The van der Waals surface area contributed by atoms with Crippen LogP contribution in [-0.2, 0) is 16.0 Å². The minimum Gasteiger partial charge on any atom is -0.389 e. The van der Waals surface area contributed by atoms with Gasteiger partial charge in [0, 0.05) is 20.2 Å². The number of carbonyl (C=O) groups excluding carboxylic acids is 1. The van der Waals surface area contributed by atoms with Gasteiger partial charge >= 0.3 is 0 Å². The Labute approximate surface area is 163 Å². The average Bonchev–Trinajstić information content (AvgIpc) is 2.67. The average molecular weight is 375 g/mol. The third kappa shape index (κ3) is 4.53. The van der Waals surface area contributed by atoms with Crippen LogP contribution < -0.4 is 5.32 Å². The molecule has 1 aliphatic carbocycles. The van der Waals surface area contributed by atoms with Crippen LogP contribution >= 0.6 is 0 Å². The van der Waals surface area contributed by atoms with Gasteiger partial charge in [0.2, 0.25) is 5.91 Å². The summed E-state index contributed by atoms with van der Waals surface area (Å²) in [6, 6.07) is 8.23. The Hall–Kier alpha value is -1.43. The van der Waals surface area contributed by atoms with Gasteiger partial charge in [-0.1, -0.05) is 43.5 Å². The number of fused-ring (bicyclic) bond motifs is 1. The van der Waals surface area contributed by atoms with Crippen molar-refractivity contribution >= 4 is 5.91 Å². The predicted molar refractivity (Wildman–Crippen MR) is 107 cm³/mol. The zero-order valence-corrected chi connectivity index (χ0v) is 17.0. The van der Waals surface area contributed by atoms with Crippen molar-refractivity contribution in [2.75, 3.05) is 26.7 Å². The Kier molecular flexibility index (Phi) is 6.24. The lowest BCUT2D eigenvalue weighted by atomic mass is 9.83. The molecule has 5 nitrogen and oxygen atoms in total. The van der Waals surface area contributed by atoms with Gasteiger partial charge in [0.15, 0.2) is 0 Å². The smallest absolute Gasteiger partial charge is 0.237 e. The highest BCUT2D eigenvalue weighted by Crippen LogP contribution is 2.39. The van der Waals surface area contributed by atoms with Gasteiger partial charge in [-0.2, -0.15) is 0 Å². The van der Waals surface area contributed by atoms with Crippen LogP contribution in [0.5, 0.6) is 0 Å². The number of aliphatic hydroxyl groups is 1. The van der Waals surface area contributed by atoms with E-state index in [-0.39, 0.29) is 18.5 Å². The van der Waals surface area contributed by atoms with Crippen molar-refractivity contribution in [3.05, 3.63) is 35.4 Å². The molecule has 1 aliphatic heterocycles. The first kappa shape index (κ1) is 20.3. The van der Waals surface area contributed by atoms with E-state index in [9.17, 15) is 9.90 Å². The van der Waals surface area contributed by atoms with Crippen molar-refractivity contribution in [3.8, 4) is 0 Å². The second kappa shape index (κ2) is 8.29. The molecule has 0 aromatic heterocycles. The van der Waals surface area contributed by atoms with Gasteiger partial charge in [-0.05, 0) is 44.2 Å². The maximum absolute atomic E-state index is 13.1. The second-order valence-corrected chi connectivity index (χ2v) is 8.63. The Morgan fingerprint density at radius 2 is 2.00 bits per heavy atom. The van der Waals surface area contributed by atoms with Crippen LogP contribution in [0.4, 0.5) is 0 Å². The van der Waals surface area contributed by atoms with E-state index in [1.807, 2.05) is 24.8 Å². The topological polar surface area (TPSA) is 61.8 Å². The van der Waals surface area contributed by atoms with Gasteiger partial charge in [-0.3, -0.25) is 4.79 Å². The molecule has 0 saturated heterocycles. The molecule has 1 heterocycles. The zero-order valence-electron chi connectivity index (χ0n) is 17.0. The zero-order chi connectivity index (χ0) is 19.5. The summed E-state index contributed by atoms with van der Waals surface area (Å²) in [4.78, 5) is 15.0. The van der Waals surface area contributed by atoms with Crippen LogP contribution in [0.25, 0.3) is 0 Å². The number of amides is 1. The monoisotopic (exact) mass is 374 g/mol. The Morgan fingerprint density at radius 3 is 2.70 bits per heavy atom. The molecule has 1 fully saturated rings. The van der Waals surface area contributed by atoms with Gasteiger partial charge in [-0.25, -0.2) is 0 Å². The van der Waals surface area contributed by atoms with E-state index in [0.717, 1.165) is 32.1 Å². The maximum atomic E-state index is 13.1. The van der Waals surface area contributed by atoms with Crippen LogP contribution in [0.3, 0.4) is 0 Å². The first-order chi connectivity index (χ1) is 12.9. The van der Waals surface area contributed by atoms with Crippen LogP contribution in [0.15, 0.2) is 24.3 Å². The van der Waals surface area contributed by atoms with Crippen molar-refractivity contribution in [2.24, 2.45) is 0 Å². The lowest BCUT2D eigenvalue weighted by molar-refractivity contribution is -0.141. The van der Waals surface area contributed by atoms with Crippen LogP contribution in [0, 0.1) is 0 Å². The molecular weight excluding hydrogens is 340 g/mol. The van der Waals surface area contributed by atoms with E-state index in [4.69, 9.17) is 4.74 Å². The second-order valence-electron chi connectivity index (χ2n) is 8.63. The maximum Gasteiger partial charge on any atom is 0.237 e. The quantitative estimate of drug-likeness (QED) is 0.804. The van der Waals surface area contributed by atoms with E-state index in [1.165, 1.54) is 17.5 Å². The molecule has 5 heteroatoms. The third-order valence-electron chi connectivity index (χ3n) is 6.30. The number of nitrogens with one attached hydrogen (secondary N) is 1. The van der Waals surface area contributed by atoms with Crippen molar-refractivity contribution in [1.29, 1.82) is 0 Å². The first-order valence-corrected chi connectivity index (χ1v) is 10.2. The lowest BCUT2D eigenvalue weighted by Gasteiger charge is -2.45. The molecule has 1 amide bonds. The fraction of sp³-hybridized carbons (Fsp3) is 0.682. The van der Waals surface area contributed by atoms with Gasteiger partial charge < -0.3 is 20.1 Å². The number of methoxy groups -OCH3 is 1. The van der Waals surface area contributed by atoms with E-state index in [1.54, 1.807) is 7.11 Å². The van der Waals surface area contributed by atoms with Gasteiger partial charge in [0.1, 0.15) is 0 Å². The van der Waals surface area contributed by atoms with Gasteiger partial charge in [0.25, 0.3) is 0 Å². The molecular formula is C22H34N2O3. The SMILES string of the molecule is COC(C)(C)C1c2ccccc2CCN1C(=O)CNCC1(O)CCCCC1. The lowest BCUT2D eigenvalue weighted by Crippen LogP contribution is -2.53. The van der Waals surface area contributed by atoms with Crippen molar-refractivity contribution in [1.82, 2.24) is 10.2 Å². The van der Waals surface area contributed by atoms with Crippen LogP contribution in [0.2, 0.25) is 0 Å². The van der Waals surface area contributed by atoms with Crippen LogP contribution in [-0.4, -0.2) is 53.9 Å². The van der Waals surface area contributed by atoms with Crippen LogP contribution in [0.1, 0.15) is 63.1 Å². The fourth-order valence-electron chi connectivity index (χ4n) is 4.59. The Bertz CT molecular complexity index is 653. The summed E-state index contributed by atoms with van der Waals surface area (Å²) in [5.74, 6) is 0.0686. The molecule has 150 valence electrons. The van der Waals surface area contributed by atoms with E-state index in [2.05, 4.69) is 23.5 Å². The molecule has 1 atom stereocenters. The molecule has 3 rings (SSSR count). The predicted octanol–water partition coefficient (Wildman–Crippen LogP) is 2.82. The Morgan fingerprint density at radius 1 is 1.30 bits per heavy atom. The fourth-order valence-corrected chi connectivity index (χ4v) is 4.59. The van der Waals surface area contributed by atoms with Crippen molar-refractivity contribution < 1.29 is 14.6 Å². The van der Waals surface area contributed by atoms with E-state index >= 15 is 0 Å². The summed E-state index contributed by atoms with van der Waals surface area (Å²) < 4.78 is 5.78. The number of nitrogens with zero attached hydrogens (tertiary/aromatic N) is 1. The number of benzene rings is 1. The summed E-state index contributed by atoms with van der Waals surface area (Å²) in [7, 11) is 1.71. The number of hydrogen-bond acceptors (Lipinski definition) is 4. The largest absolute Gasteiger partial charge is 0.389 e. The molecule has 27 heavy (non-hydrogen) atoms. The molecule has 1 aromatic carbocycles. The minimum atomic E-state index is -0.655. The summed E-state index contributed by atoms with van der Waals surface area (Å²) >= 11 is 0. The summed E-state index contributed by atoms with van der Waals surface area (Å²) in [5.41, 5.74) is 1.34. The Balaban J connectivity index is 1.69. The molecule has 1 aromatic rings. The molecule has 2 aliphatic rings. The van der Waals surface area contributed by atoms with Gasteiger partial charge in [0.05, 0.1) is 23.8 Å². The number of hydrogen-bond donors (Lipinski definition) is 2. The number of ether oxygens (including phenoxy) is 1. The summed E-state index contributed by atoms with van der Waals surface area (Å²) in [6.07, 6.45) is 5.85. The summed E-state index contributed by atoms with van der Waals surface area (Å²) in [6.45, 7) is 5.51. The number of rotatable bonds is 6. The van der Waals surface area contributed by atoms with E-state index in [0.29, 0.717) is 13.1 Å². The highest BCUT2D eigenvalue weighted by Gasteiger charge is 2.41. The molecule has 1 unspecified atom stereocenters. The highest BCUT2D eigenvalue weighted by atomic mass is 16.5. The molecule has 1 saturated carbocycles. The van der Waals surface area contributed by atoms with Crippen molar-refractivity contribution in [2.45, 2.75) is 69.6 Å². The number of carbonyl (C=O) groups is 1. The first-order valence-electron chi connectivity index (χ1n) is 10.2. The molecule has 0 bridgehead atoms. The van der Waals surface area contributed by atoms with Crippen molar-refractivity contribution in [3.63, 3.8) is 0 Å². The summed E-state index contributed by atoms with van der Waals surface area (Å²) in [5, 5.41) is 13.9. The molecule has 0 radical (unpaired) electrons.